The van der Waals surface area contributed by atoms with Crippen molar-refractivity contribution in [2.75, 3.05) is 6.61 Å². The van der Waals surface area contributed by atoms with Crippen LogP contribution < -0.4 is 10.9 Å². The van der Waals surface area contributed by atoms with Crippen molar-refractivity contribution < 1.29 is 28.7 Å². The molecule has 9 heteroatoms. The number of fused-ring (bicyclic) bond motifs is 5. The third-order valence-corrected chi connectivity index (χ3v) is 6.39. The van der Waals surface area contributed by atoms with Crippen molar-refractivity contribution in [3.8, 4) is 0 Å². The molecule has 0 radical (unpaired) electrons. The molecule has 2 N–H and O–H groups in total. The van der Waals surface area contributed by atoms with Crippen LogP contribution in [0.15, 0.2) is 30.3 Å². The van der Waals surface area contributed by atoms with Crippen LogP contribution in [-0.2, 0) is 23.9 Å². The number of likely N-dealkylation sites (tertiary alicyclic amines) is 1. The monoisotopic (exact) mass is 413 g/mol. The van der Waals surface area contributed by atoms with Crippen LogP contribution in [0, 0.1) is 23.7 Å². The Morgan fingerprint density at radius 1 is 1.03 bits per heavy atom. The number of hydrogen-bond donors (Lipinski definition) is 2. The number of hydrazine groups is 1. The highest BCUT2D eigenvalue weighted by molar-refractivity contribution is 6.08. The summed E-state index contributed by atoms with van der Waals surface area (Å²) in [6.07, 6.45) is 2.81. The van der Waals surface area contributed by atoms with Gasteiger partial charge in [-0.25, -0.2) is 4.79 Å². The van der Waals surface area contributed by atoms with E-state index in [-0.39, 0.29) is 35.5 Å². The molecule has 1 heterocycles. The fourth-order valence-electron chi connectivity index (χ4n) is 5.00. The Hall–Kier alpha value is -3.23. The second-order valence-electron chi connectivity index (χ2n) is 8.08. The number of rotatable bonds is 5. The molecule has 2 bridgehead atoms. The highest BCUT2D eigenvalue weighted by Gasteiger charge is 2.62. The van der Waals surface area contributed by atoms with Gasteiger partial charge in [-0.3, -0.25) is 34.9 Å². The number of imide groups is 1. The molecule has 3 fully saturated rings. The van der Waals surface area contributed by atoms with Crippen LogP contribution in [0.2, 0.25) is 0 Å². The molecule has 4 amide bonds. The van der Waals surface area contributed by atoms with Crippen molar-refractivity contribution in [2.45, 2.75) is 32.2 Å². The summed E-state index contributed by atoms with van der Waals surface area (Å²) in [5.41, 5.74) is 4.72. The first-order valence-corrected chi connectivity index (χ1v) is 10.1. The van der Waals surface area contributed by atoms with Crippen LogP contribution in [0.3, 0.4) is 0 Å². The van der Waals surface area contributed by atoms with E-state index >= 15 is 0 Å². The topological polar surface area (TPSA) is 122 Å². The lowest BCUT2D eigenvalue weighted by atomic mass is 9.81. The summed E-state index contributed by atoms with van der Waals surface area (Å²) in [7, 11) is 0. The first-order chi connectivity index (χ1) is 14.4. The van der Waals surface area contributed by atoms with Crippen LogP contribution in [0.5, 0.6) is 0 Å². The van der Waals surface area contributed by atoms with E-state index in [2.05, 4.69) is 10.9 Å². The normalized spacial score (nSPS) is 27.6. The number of nitrogens with one attached hydrogen (secondary N) is 2. The van der Waals surface area contributed by atoms with Gasteiger partial charge in [0.05, 0.1) is 11.8 Å². The zero-order valence-corrected chi connectivity index (χ0v) is 16.5. The van der Waals surface area contributed by atoms with E-state index in [9.17, 15) is 24.0 Å². The molecule has 1 saturated heterocycles. The number of hydrogen-bond acceptors (Lipinski definition) is 6. The summed E-state index contributed by atoms with van der Waals surface area (Å²) >= 11 is 0. The Labute approximate surface area is 173 Å². The maximum atomic E-state index is 12.8. The van der Waals surface area contributed by atoms with E-state index in [0.717, 1.165) is 24.2 Å². The molecular weight excluding hydrogens is 390 g/mol. The van der Waals surface area contributed by atoms with Gasteiger partial charge in [-0.05, 0) is 50.2 Å². The summed E-state index contributed by atoms with van der Waals surface area (Å²) < 4.78 is 4.96. The zero-order valence-electron chi connectivity index (χ0n) is 16.5. The van der Waals surface area contributed by atoms with Crippen molar-refractivity contribution >= 4 is 29.6 Å². The van der Waals surface area contributed by atoms with Gasteiger partial charge >= 0.3 is 5.97 Å². The zero-order chi connectivity index (χ0) is 21.4. The minimum absolute atomic E-state index is 0.226. The highest BCUT2D eigenvalue weighted by Crippen LogP contribution is 2.56. The maximum Gasteiger partial charge on any atom is 0.329 e. The molecule has 158 valence electrons. The van der Waals surface area contributed by atoms with Gasteiger partial charge in [-0.2, -0.15) is 0 Å². The molecule has 4 rings (SSSR count). The van der Waals surface area contributed by atoms with Crippen molar-refractivity contribution in [1.82, 2.24) is 15.8 Å². The molecule has 1 aliphatic heterocycles. The van der Waals surface area contributed by atoms with Gasteiger partial charge in [-0.1, -0.05) is 18.2 Å². The molecule has 0 unspecified atom stereocenters. The summed E-state index contributed by atoms with van der Waals surface area (Å²) in [6, 6.07) is 7.18. The van der Waals surface area contributed by atoms with E-state index in [0.29, 0.717) is 5.56 Å². The fourth-order valence-corrected chi connectivity index (χ4v) is 5.00. The second kappa shape index (κ2) is 7.89. The van der Waals surface area contributed by atoms with Gasteiger partial charge in [0.15, 0.2) is 6.61 Å². The largest absolute Gasteiger partial charge is 0.454 e. The molecule has 1 aromatic carbocycles. The Bertz CT molecular complexity index is 873. The van der Waals surface area contributed by atoms with E-state index in [4.69, 9.17) is 4.74 Å². The lowest BCUT2D eigenvalue weighted by molar-refractivity contribution is -0.160. The van der Waals surface area contributed by atoms with Gasteiger partial charge in [0.25, 0.3) is 11.8 Å². The molecular formula is C21H23N3O6. The van der Waals surface area contributed by atoms with Crippen LogP contribution >= 0.6 is 0 Å². The van der Waals surface area contributed by atoms with Crippen LogP contribution in [-0.4, -0.2) is 47.1 Å². The van der Waals surface area contributed by atoms with Crippen molar-refractivity contribution in [3.63, 3.8) is 0 Å². The smallest absolute Gasteiger partial charge is 0.329 e. The molecule has 9 nitrogen and oxygen atoms in total. The summed E-state index contributed by atoms with van der Waals surface area (Å²) in [5, 5.41) is 0. The lowest BCUT2D eigenvalue weighted by Crippen LogP contribution is -2.47. The molecule has 2 aliphatic carbocycles. The summed E-state index contributed by atoms with van der Waals surface area (Å²) in [6.45, 7) is 0.780. The number of ether oxygens (including phenoxy) is 1. The molecule has 0 spiro atoms. The van der Waals surface area contributed by atoms with Crippen molar-refractivity contribution in [2.24, 2.45) is 23.7 Å². The number of carbonyl (C=O) groups is 5. The van der Waals surface area contributed by atoms with Gasteiger partial charge < -0.3 is 4.74 Å². The SMILES string of the molecule is C[C@@H](C(=O)OCC(=O)NNC(=O)c1ccccc1)N1C(=O)[C@H]2[C@@H]3CC[C@@H](C3)[C@@H]2C1=O. The number of amides is 4. The van der Waals surface area contributed by atoms with Gasteiger partial charge in [0, 0.05) is 5.56 Å². The van der Waals surface area contributed by atoms with Gasteiger partial charge in [0.2, 0.25) is 11.8 Å². The standard InChI is InChI=1S/C21H23N3O6/c1-11(24-19(27)16-13-7-8-14(9-13)17(16)20(24)28)21(29)30-10-15(25)22-23-18(26)12-5-3-2-4-6-12/h2-6,11,13-14,16-17H,7-10H2,1H3,(H,22,25)(H,23,26)/t11-,13-,14+,16-,17-/m0/s1. The molecule has 30 heavy (non-hydrogen) atoms. The first-order valence-electron chi connectivity index (χ1n) is 10.1. The summed E-state index contributed by atoms with van der Waals surface area (Å²) in [5.74, 6) is -2.89. The van der Waals surface area contributed by atoms with Crippen LogP contribution in [0.4, 0.5) is 0 Å². The number of carbonyl (C=O) groups excluding carboxylic acids is 5. The minimum atomic E-state index is -1.10. The predicted octanol–water partition coefficient (Wildman–Crippen LogP) is 0.410. The number of esters is 1. The molecule has 5 atom stereocenters. The Balaban J connectivity index is 1.27. The number of nitrogens with zero attached hydrogens (tertiary/aromatic N) is 1. The first kappa shape index (κ1) is 20.1. The van der Waals surface area contributed by atoms with E-state index < -0.39 is 30.4 Å². The predicted molar refractivity (Wildman–Crippen MR) is 102 cm³/mol. The quantitative estimate of drug-likeness (QED) is 0.410. The Kier molecular flexibility index (Phi) is 5.27. The van der Waals surface area contributed by atoms with Gasteiger partial charge in [-0.15, -0.1) is 0 Å². The lowest BCUT2D eigenvalue weighted by Gasteiger charge is -2.23. The van der Waals surface area contributed by atoms with Crippen molar-refractivity contribution in [1.29, 1.82) is 0 Å². The molecule has 0 aromatic heterocycles. The van der Waals surface area contributed by atoms with Crippen molar-refractivity contribution in [3.05, 3.63) is 35.9 Å². The Morgan fingerprint density at radius 2 is 1.63 bits per heavy atom. The van der Waals surface area contributed by atoms with Gasteiger partial charge in [0.1, 0.15) is 6.04 Å². The van der Waals surface area contributed by atoms with Crippen LogP contribution in [0.1, 0.15) is 36.5 Å². The fraction of sp³-hybridized carbons (Fsp3) is 0.476. The van der Waals surface area contributed by atoms with E-state index in [1.165, 1.54) is 6.92 Å². The third-order valence-electron chi connectivity index (χ3n) is 6.39. The molecule has 2 saturated carbocycles. The maximum absolute atomic E-state index is 12.8. The van der Waals surface area contributed by atoms with Crippen LogP contribution in [0.25, 0.3) is 0 Å². The average Bonchev–Trinajstić information content (AvgIpc) is 3.44. The highest BCUT2D eigenvalue weighted by atomic mass is 16.5. The second-order valence-corrected chi connectivity index (χ2v) is 8.08. The molecule has 1 aromatic rings. The van der Waals surface area contributed by atoms with E-state index in [1.807, 2.05) is 0 Å². The number of benzene rings is 1. The third kappa shape index (κ3) is 3.44. The Morgan fingerprint density at radius 3 is 2.23 bits per heavy atom. The summed E-state index contributed by atoms with van der Waals surface area (Å²) in [4.78, 5) is 62.6. The average molecular weight is 413 g/mol. The minimum Gasteiger partial charge on any atom is -0.454 e. The van der Waals surface area contributed by atoms with E-state index in [1.54, 1.807) is 30.3 Å². The molecule has 3 aliphatic rings.